The number of benzene rings is 2. The summed E-state index contributed by atoms with van der Waals surface area (Å²) in [4.78, 5) is 43.0. The van der Waals surface area contributed by atoms with Crippen LogP contribution in [0, 0.1) is 0 Å². The Balaban J connectivity index is 2.06. The molecule has 0 aliphatic carbocycles. The molecule has 1 aromatic heterocycles. The molecule has 0 saturated heterocycles. The van der Waals surface area contributed by atoms with Gasteiger partial charge in [0.15, 0.2) is 0 Å². The van der Waals surface area contributed by atoms with E-state index in [9.17, 15) is 14.4 Å². The van der Waals surface area contributed by atoms with Gasteiger partial charge in [0.1, 0.15) is 17.2 Å². The van der Waals surface area contributed by atoms with Gasteiger partial charge in [-0.15, -0.1) is 0 Å². The number of amides is 2. The molecule has 3 aromatic rings. The zero-order valence-corrected chi connectivity index (χ0v) is 20.7. The van der Waals surface area contributed by atoms with Crippen LogP contribution in [-0.2, 0) is 25.4 Å². The van der Waals surface area contributed by atoms with Crippen molar-refractivity contribution >= 4 is 39.8 Å². The minimum absolute atomic E-state index is 0.0174. The summed E-state index contributed by atoms with van der Waals surface area (Å²) >= 11 is 0. The maximum atomic E-state index is 13.1. The maximum Gasteiger partial charge on any atom is 0.420 e. The average molecular weight is 469 g/mol. The van der Waals surface area contributed by atoms with Crippen molar-refractivity contribution in [1.29, 1.82) is 0 Å². The van der Waals surface area contributed by atoms with E-state index in [4.69, 9.17) is 14.2 Å². The number of aromatic nitrogens is 1. The Morgan fingerprint density at radius 1 is 0.912 bits per heavy atom. The van der Waals surface area contributed by atoms with Gasteiger partial charge in [-0.25, -0.2) is 14.4 Å². The first-order valence-electron chi connectivity index (χ1n) is 11.1. The van der Waals surface area contributed by atoms with E-state index in [1.165, 1.54) is 7.11 Å². The molecule has 0 spiro atoms. The van der Waals surface area contributed by atoms with Crippen molar-refractivity contribution in [2.75, 3.05) is 7.11 Å². The Bertz CT molecular complexity index is 1190. The third-order valence-corrected chi connectivity index (χ3v) is 5.01. The molecule has 1 N–H and O–H groups in total. The number of esters is 1. The molecule has 0 saturated carbocycles. The molecule has 3 rings (SSSR count). The van der Waals surface area contributed by atoms with Crippen LogP contribution in [0.4, 0.5) is 9.59 Å². The van der Waals surface area contributed by atoms with E-state index in [1.807, 2.05) is 36.4 Å². The van der Waals surface area contributed by atoms with Crippen LogP contribution in [0.2, 0.25) is 0 Å². The van der Waals surface area contributed by atoms with Crippen molar-refractivity contribution in [1.82, 2.24) is 9.88 Å². The van der Waals surface area contributed by atoms with E-state index in [2.05, 4.69) is 4.98 Å². The number of rotatable bonds is 4. The second kappa shape index (κ2) is 9.37. The van der Waals surface area contributed by atoms with Gasteiger partial charge in [0, 0.05) is 23.5 Å². The van der Waals surface area contributed by atoms with Crippen molar-refractivity contribution in [3.63, 3.8) is 0 Å². The summed E-state index contributed by atoms with van der Waals surface area (Å²) in [6, 6.07) is 10.7. The SMILES string of the molecule is COC(=O)[C@H](Cc1c[nH]c2cc3ccccc3cc12)N(C(=O)OC(C)(C)C)C(=O)OC(C)(C)C. The Morgan fingerprint density at radius 2 is 1.44 bits per heavy atom. The molecule has 0 radical (unpaired) electrons. The molecule has 1 heterocycles. The predicted molar refractivity (Wildman–Crippen MR) is 130 cm³/mol. The molecule has 0 aliphatic rings. The second-order valence-electron chi connectivity index (χ2n) is 10.1. The monoisotopic (exact) mass is 468 g/mol. The summed E-state index contributed by atoms with van der Waals surface area (Å²) in [5.41, 5.74) is -0.165. The first-order valence-corrected chi connectivity index (χ1v) is 11.1. The molecule has 0 aliphatic heterocycles. The standard InChI is InChI=1S/C26H32N2O6/c1-25(2,3)33-23(30)28(24(31)34-26(4,5)6)21(22(29)32-7)14-18-15-27-20-13-17-11-9-8-10-16(17)12-19(18)20/h8-13,15,21,27H,14H2,1-7H3/t21-/m0/s1. The van der Waals surface area contributed by atoms with Crippen molar-refractivity contribution in [2.24, 2.45) is 0 Å². The molecule has 8 heteroatoms. The lowest BCUT2D eigenvalue weighted by atomic mass is 10.0. The summed E-state index contributed by atoms with van der Waals surface area (Å²) in [5.74, 6) is -0.758. The normalized spacial score (nSPS) is 12.9. The maximum absolute atomic E-state index is 13.1. The van der Waals surface area contributed by atoms with Crippen LogP contribution in [0.15, 0.2) is 42.6 Å². The van der Waals surface area contributed by atoms with Crippen LogP contribution in [0.3, 0.4) is 0 Å². The van der Waals surface area contributed by atoms with Gasteiger partial charge >= 0.3 is 18.2 Å². The van der Waals surface area contributed by atoms with Gasteiger partial charge in [-0.2, -0.15) is 4.90 Å². The van der Waals surface area contributed by atoms with E-state index in [-0.39, 0.29) is 6.42 Å². The number of nitrogens with one attached hydrogen (secondary N) is 1. The van der Waals surface area contributed by atoms with Crippen LogP contribution in [-0.4, -0.2) is 52.4 Å². The quantitative estimate of drug-likeness (QED) is 0.397. The number of imide groups is 1. The Kier molecular flexibility index (Phi) is 6.91. The molecular formula is C26H32N2O6. The second-order valence-corrected chi connectivity index (χ2v) is 10.1. The molecule has 2 amide bonds. The van der Waals surface area contributed by atoms with Crippen LogP contribution in [0.1, 0.15) is 47.1 Å². The highest BCUT2D eigenvalue weighted by Gasteiger charge is 2.41. The Labute approximate surface area is 199 Å². The average Bonchev–Trinajstić information content (AvgIpc) is 3.10. The number of hydrogen-bond acceptors (Lipinski definition) is 6. The number of H-pyrrole nitrogens is 1. The lowest BCUT2D eigenvalue weighted by molar-refractivity contribution is -0.146. The predicted octanol–water partition coefficient (Wildman–Crippen LogP) is 5.58. The smallest absolute Gasteiger partial charge is 0.420 e. The first-order chi connectivity index (χ1) is 15.8. The third kappa shape index (κ3) is 5.87. The first kappa shape index (κ1) is 25.1. The summed E-state index contributed by atoms with van der Waals surface area (Å²) < 4.78 is 15.9. The van der Waals surface area contributed by atoms with Crippen molar-refractivity contribution in [3.8, 4) is 0 Å². The number of carbonyl (C=O) groups is 3. The molecule has 1 atom stereocenters. The summed E-state index contributed by atoms with van der Waals surface area (Å²) in [5, 5.41) is 2.97. The Morgan fingerprint density at radius 3 is 1.94 bits per heavy atom. The number of fused-ring (bicyclic) bond motifs is 2. The van der Waals surface area contributed by atoms with Gasteiger partial charge in [0.25, 0.3) is 0 Å². The molecular weight excluding hydrogens is 436 g/mol. The molecule has 34 heavy (non-hydrogen) atoms. The zero-order chi connectivity index (χ0) is 25.3. The van der Waals surface area contributed by atoms with E-state index < -0.39 is 35.4 Å². The molecule has 2 aromatic carbocycles. The third-order valence-electron chi connectivity index (χ3n) is 5.01. The molecule has 0 bridgehead atoms. The van der Waals surface area contributed by atoms with Gasteiger partial charge in [0.2, 0.25) is 0 Å². The highest BCUT2D eigenvalue weighted by molar-refractivity contribution is 5.99. The van der Waals surface area contributed by atoms with Gasteiger partial charge in [0.05, 0.1) is 7.11 Å². The molecule has 0 unspecified atom stereocenters. The van der Waals surface area contributed by atoms with Crippen LogP contribution >= 0.6 is 0 Å². The largest absolute Gasteiger partial charge is 0.467 e. The lowest BCUT2D eigenvalue weighted by Gasteiger charge is -2.32. The number of nitrogens with zero attached hydrogens (tertiary/aromatic N) is 1. The number of hydrogen-bond donors (Lipinski definition) is 1. The number of ether oxygens (including phenoxy) is 3. The van der Waals surface area contributed by atoms with Crippen LogP contribution in [0.25, 0.3) is 21.7 Å². The zero-order valence-electron chi connectivity index (χ0n) is 20.7. The fourth-order valence-corrected chi connectivity index (χ4v) is 3.61. The lowest BCUT2D eigenvalue weighted by Crippen LogP contribution is -2.53. The summed E-state index contributed by atoms with van der Waals surface area (Å²) in [6.07, 6.45) is -0.185. The molecule has 0 fully saturated rings. The van der Waals surface area contributed by atoms with Crippen LogP contribution in [0.5, 0.6) is 0 Å². The highest BCUT2D eigenvalue weighted by atomic mass is 16.6. The van der Waals surface area contributed by atoms with Crippen molar-refractivity contribution < 1.29 is 28.6 Å². The fraction of sp³-hybridized carbons (Fsp3) is 0.423. The van der Waals surface area contributed by atoms with Gasteiger partial charge in [-0.3, -0.25) is 0 Å². The molecule has 182 valence electrons. The van der Waals surface area contributed by atoms with Crippen molar-refractivity contribution in [2.45, 2.75) is 65.2 Å². The van der Waals surface area contributed by atoms with Gasteiger partial charge < -0.3 is 19.2 Å². The van der Waals surface area contributed by atoms with E-state index in [0.29, 0.717) is 4.90 Å². The van der Waals surface area contributed by atoms with Gasteiger partial charge in [-0.05, 0) is 70.0 Å². The highest BCUT2D eigenvalue weighted by Crippen LogP contribution is 2.28. The minimum Gasteiger partial charge on any atom is -0.467 e. The molecule has 8 nitrogen and oxygen atoms in total. The van der Waals surface area contributed by atoms with Crippen molar-refractivity contribution in [3.05, 3.63) is 48.2 Å². The number of methoxy groups -OCH3 is 1. The van der Waals surface area contributed by atoms with E-state index in [0.717, 1.165) is 27.2 Å². The van der Waals surface area contributed by atoms with E-state index in [1.54, 1.807) is 47.7 Å². The number of aromatic amines is 1. The Hall–Kier alpha value is -3.55. The number of carbonyl (C=O) groups excluding carboxylic acids is 3. The van der Waals surface area contributed by atoms with Crippen LogP contribution < -0.4 is 0 Å². The van der Waals surface area contributed by atoms with Gasteiger partial charge in [-0.1, -0.05) is 24.3 Å². The summed E-state index contributed by atoms with van der Waals surface area (Å²) in [6.45, 7) is 10.1. The fourth-order valence-electron chi connectivity index (χ4n) is 3.61. The minimum atomic E-state index is -1.29. The van der Waals surface area contributed by atoms with E-state index >= 15 is 0 Å². The summed E-state index contributed by atoms with van der Waals surface area (Å²) in [7, 11) is 1.21. The topological polar surface area (TPSA) is 97.9 Å².